The van der Waals surface area contributed by atoms with Crippen LogP contribution in [-0.4, -0.2) is 35.7 Å². The summed E-state index contributed by atoms with van der Waals surface area (Å²) < 4.78 is 10.7. The van der Waals surface area contributed by atoms with E-state index in [1.807, 2.05) is 20.8 Å². The molecular weight excluding hydrogens is 412 g/mol. The number of aryl methyl sites for hydroxylation is 1. The van der Waals surface area contributed by atoms with Crippen LogP contribution in [0, 0.1) is 12.8 Å². The molecule has 0 spiro atoms. The maximum Gasteiger partial charge on any atom is 0.326 e. The largest absolute Gasteiger partial charge is 0.480 e. The van der Waals surface area contributed by atoms with Crippen molar-refractivity contribution in [2.24, 2.45) is 5.92 Å². The third kappa shape index (κ3) is 5.87. The lowest BCUT2D eigenvalue weighted by molar-refractivity contribution is -0.141. The molecule has 1 aliphatic heterocycles. The molecule has 8 nitrogen and oxygen atoms in total. The van der Waals surface area contributed by atoms with Crippen molar-refractivity contribution in [3.05, 3.63) is 64.9 Å². The van der Waals surface area contributed by atoms with Gasteiger partial charge in [-0.25, -0.2) is 4.79 Å². The molecule has 0 radical (unpaired) electrons. The second-order valence-corrected chi connectivity index (χ2v) is 7.98. The van der Waals surface area contributed by atoms with Gasteiger partial charge in [0.15, 0.2) is 11.5 Å². The van der Waals surface area contributed by atoms with Gasteiger partial charge >= 0.3 is 5.97 Å². The Balaban J connectivity index is 1.89. The predicted molar refractivity (Wildman–Crippen MR) is 118 cm³/mol. The van der Waals surface area contributed by atoms with E-state index in [1.54, 1.807) is 42.5 Å². The normalized spacial score (nSPS) is 13.6. The highest BCUT2D eigenvalue weighted by molar-refractivity contribution is 6.06. The number of carboxylic acids is 1. The minimum Gasteiger partial charge on any atom is -0.480 e. The third-order valence-corrected chi connectivity index (χ3v) is 4.82. The fourth-order valence-corrected chi connectivity index (χ4v) is 3.16. The summed E-state index contributed by atoms with van der Waals surface area (Å²) in [4.78, 5) is 37.3. The van der Waals surface area contributed by atoms with Crippen LogP contribution in [0.2, 0.25) is 0 Å². The quantitative estimate of drug-likeness (QED) is 0.546. The minimum absolute atomic E-state index is 0.0554. The van der Waals surface area contributed by atoms with Gasteiger partial charge in [0.1, 0.15) is 11.7 Å². The molecule has 0 fully saturated rings. The summed E-state index contributed by atoms with van der Waals surface area (Å²) in [7, 11) is 0. The number of amides is 2. The number of fused-ring (bicyclic) bond motifs is 1. The van der Waals surface area contributed by atoms with Gasteiger partial charge in [-0.05, 0) is 55.2 Å². The van der Waals surface area contributed by atoms with Crippen LogP contribution in [0.4, 0.5) is 0 Å². The molecule has 2 aromatic carbocycles. The Labute approximate surface area is 186 Å². The van der Waals surface area contributed by atoms with Gasteiger partial charge in [-0.2, -0.15) is 0 Å². The number of carbonyl (C=O) groups excluding carboxylic acids is 2. The number of carbonyl (C=O) groups is 3. The van der Waals surface area contributed by atoms with Crippen molar-refractivity contribution in [1.29, 1.82) is 0 Å². The third-order valence-electron chi connectivity index (χ3n) is 4.82. The second kappa shape index (κ2) is 10.00. The average molecular weight is 438 g/mol. The van der Waals surface area contributed by atoms with Crippen LogP contribution in [0.25, 0.3) is 6.08 Å². The number of ether oxygens (including phenoxy) is 2. The molecule has 168 valence electrons. The Morgan fingerprint density at radius 3 is 2.41 bits per heavy atom. The number of carboxylic acid groups (broad SMARTS) is 1. The number of aliphatic carboxylic acids is 1. The maximum atomic E-state index is 13.0. The molecule has 1 aliphatic rings. The summed E-state index contributed by atoms with van der Waals surface area (Å²) in [6.45, 7) is 5.74. The highest BCUT2D eigenvalue weighted by atomic mass is 16.7. The summed E-state index contributed by atoms with van der Waals surface area (Å²) in [6, 6.07) is 10.9. The van der Waals surface area contributed by atoms with Crippen LogP contribution in [0.5, 0.6) is 11.5 Å². The van der Waals surface area contributed by atoms with Gasteiger partial charge in [0, 0.05) is 5.56 Å². The molecule has 0 aromatic heterocycles. The number of hydrogen-bond donors (Lipinski definition) is 3. The van der Waals surface area contributed by atoms with Crippen LogP contribution in [-0.2, 0) is 9.59 Å². The zero-order valence-electron chi connectivity index (χ0n) is 18.2. The van der Waals surface area contributed by atoms with Gasteiger partial charge < -0.3 is 25.2 Å². The summed E-state index contributed by atoms with van der Waals surface area (Å²) in [5.41, 5.74) is 1.87. The van der Waals surface area contributed by atoms with Crippen molar-refractivity contribution in [3.63, 3.8) is 0 Å². The first kappa shape index (κ1) is 22.9. The molecule has 32 heavy (non-hydrogen) atoms. The van der Waals surface area contributed by atoms with E-state index < -0.39 is 23.8 Å². The van der Waals surface area contributed by atoms with Crippen LogP contribution in [0.15, 0.2) is 48.2 Å². The van der Waals surface area contributed by atoms with E-state index in [2.05, 4.69) is 10.6 Å². The maximum absolute atomic E-state index is 13.0. The zero-order chi connectivity index (χ0) is 23.3. The van der Waals surface area contributed by atoms with E-state index in [9.17, 15) is 19.5 Å². The average Bonchev–Trinajstić information content (AvgIpc) is 3.20. The monoisotopic (exact) mass is 438 g/mol. The van der Waals surface area contributed by atoms with Crippen LogP contribution >= 0.6 is 0 Å². The topological polar surface area (TPSA) is 114 Å². The summed E-state index contributed by atoms with van der Waals surface area (Å²) in [5.74, 6) is -1.16. The molecule has 3 rings (SSSR count). The van der Waals surface area contributed by atoms with Crippen molar-refractivity contribution in [3.8, 4) is 11.5 Å². The fourth-order valence-electron chi connectivity index (χ4n) is 3.16. The fraction of sp³-hybridized carbons (Fsp3) is 0.292. The van der Waals surface area contributed by atoms with Crippen LogP contribution in [0.1, 0.15) is 41.8 Å². The van der Waals surface area contributed by atoms with Crippen LogP contribution < -0.4 is 20.1 Å². The van der Waals surface area contributed by atoms with Crippen LogP contribution in [0.3, 0.4) is 0 Å². The molecule has 2 amide bonds. The SMILES string of the molecule is Cc1ccc(C(=O)N/C(=C\c2ccc3c(c2)OCO3)C(=O)N[C@@H](CC(C)C)C(=O)O)cc1. The first-order valence-corrected chi connectivity index (χ1v) is 10.3. The van der Waals surface area contributed by atoms with Gasteiger partial charge in [0.2, 0.25) is 6.79 Å². The number of benzene rings is 2. The lowest BCUT2D eigenvalue weighted by Crippen LogP contribution is -2.45. The summed E-state index contributed by atoms with van der Waals surface area (Å²) >= 11 is 0. The molecule has 3 N–H and O–H groups in total. The molecule has 1 heterocycles. The Bertz CT molecular complexity index is 1040. The molecule has 0 unspecified atom stereocenters. The first-order valence-electron chi connectivity index (χ1n) is 10.3. The summed E-state index contributed by atoms with van der Waals surface area (Å²) in [6.07, 6.45) is 1.72. The number of rotatable bonds is 8. The number of nitrogens with one attached hydrogen (secondary N) is 2. The molecule has 0 aliphatic carbocycles. The van der Waals surface area contributed by atoms with E-state index in [1.165, 1.54) is 6.08 Å². The van der Waals surface area contributed by atoms with E-state index in [-0.39, 0.29) is 24.8 Å². The Morgan fingerprint density at radius 1 is 1.06 bits per heavy atom. The van der Waals surface area contributed by atoms with Gasteiger partial charge in [-0.15, -0.1) is 0 Å². The van der Waals surface area contributed by atoms with Crippen molar-refractivity contribution >= 4 is 23.9 Å². The molecular formula is C24H26N2O6. The lowest BCUT2D eigenvalue weighted by Gasteiger charge is -2.18. The highest BCUT2D eigenvalue weighted by Gasteiger charge is 2.24. The Hall–Kier alpha value is -3.81. The highest BCUT2D eigenvalue weighted by Crippen LogP contribution is 2.33. The summed E-state index contributed by atoms with van der Waals surface area (Å²) in [5, 5.41) is 14.6. The lowest BCUT2D eigenvalue weighted by atomic mass is 10.0. The molecule has 8 heteroatoms. The molecule has 0 bridgehead atoms. The van der Waals surface area contributed by atoms with E-state index in [0.717, 1.165) is 5.56 Å². The standard InChI is InChI=1S/C24H26N2O6/c1-14(2)10-19(24(29)30)26-23(28)18(25-22(27)17-7-4-15(3)5-8-17)11-16-6-9-20-21(12-16)32-13-31-20/h4-9,11-12,14,19H,10,13H2,1-3H3,(H,25,27)(H,26,28)(H,29,30)/b18-11-/t19-/m0/s1. The Morgan fingerprint density at radius 2 is 1.75 bits per heavy atom. The molecule has 1 atom stereocenters. The molecule has 0 saturated heterocycles. The van der Waals surface area contributed by atoms with Crippen molar-refractivity contribution < 1.29 is 29.0 Å². The van der Waals surface area contributed by atoms with Gasteiger partial charge in [0.25, 0.3) is 11.8 Å². The van der Waals surface area contributed by atoms with E-state index >= 15 is 0 Å². The van der Waals surface area contributed by atoms with Gasteiger partial charge in [-0.1, -0.05) is 37.6 Å². The van der Waals surface area contributed by atoms with Crippen molar-refractivity contribution in [1.82, 2.24) is 10.6 Å². The minimum atomic E-state index is -1.14. The van der Waals surface area contributed by atoms with Crippen molar-refractivity contribution in [2.45, 2.75) is 33.2 Å². The molecule has 0 saturated carbocycles. The predicted octanol–water partition coefficient (Wildman–Crippen LogP) is 3.11. The second-order valence-electron chi connectivity index (χ2n) is 7.98. The van der Waals surface area contributed by atoms with E-state index in [0.29, 0.717) is 22.6 Å². The zero-order valence-corrected chi connectivity index (χ0v) is 18.2. The first-order chi connectivity index (χ1) is 15.2. The van der Waals surface area contributed by atoms with Gasteiger partial charge in [0.05, 0.1) is 0 Å². The van der Waals surface area contributed by atoms with Crippen molar-refractivity contribution in [2.75, 3.05) is 6.79 Å². The van der Waals surface area contributed by atoms with E-state index in [4.69, 9.17) is 9.47 Å². The smallest absolute Gasteiger partial charge is 0.326 e. The Kier molecular flexibility index (Phi) is 7.14. The van der Waals surface area contributed by atoms with Gasteiger partial charge in [-0.3, -0.25) is 9.59 Å². The number of hydrogen-bond acceptors (Lipinski definition) is 5. The molecule has 2 aromatic rings.